The van der Waals surface area contributed by atoms with Crippen LogP contribution >= 0.6 is 11.8 Å². The number of hydrogen-bond acceptors (Lipinski definition) is 4. The number of halogens is 1. The molecule has 0 unspecified atom stereocenters. The lowest BCUT2D eigenvalue weighted by atomic mass is 10.2. The SMILES string of the molecule is CC(C)CNC(=O)NC(=O)CSc1ccc(N)c(F)c1. The molecule has 110 valence electrons. The predicted molar refractivity (Wildman–Crippen MR) is 77.9 cm³/mol. The summed E-state index contributed by atoms with van der Waals surface area (Å²) in [5.74, 6) is -0.625. The summed E-state index contributed by atoms with van der Waals surface area (Å²) in [4.78, 5) is 23.4. The molecule has 5 nitrogen and oxygen atoms in total. The summed E-state index contributed by atoms with van der Waals surface area (Å²) in [6, 6.07) is 3.79. The topological polar surface area (TPSA) is 84.2 Å². The minimum Gasteiger partial charge on any atom is -0.396 e. The standard InChI is InChI=1S/C13H18FN3O2S/c1-8(2)6-16-13(19)17-12(18)7-20-9-3-4-11(15)10(14)5-9/h3-5,8H,6-7,15H2,1-2H3,(H2,16,17,18,19). The monoisotopic (exact) mass is 299 g/mol. The van der Waals surface area contributed by atoms with Crippen molar-refractivity contribution in [1.29, 1.82) is 0 Å². The quantitative estimate of drug-likeness (QED) is 0.573. The molecule has 0 bridgehead atoms. The number of nitrogens with two attached hydrogens (primary N) is 1. The maximum absolute atomic E-state index is 13.2. The van der Waals surface area contributed by atoms with E-state index >= 15 is 0 Å². The molecule has 0 aliphatic rings. The van der Waals surface area contributed by atoms with Crippen LogP contribution in [0.15, 0.2) is 23.1 Å². The van der Waals surface area contributed by atoms with Crippen molar-refractivity contribution in [1.82, 2.24) is 10.6 Å². The molecule has 1 aromatic carbocycles. The number of rotatable bonds is 5. The van der Waals surface area contributed by atoms with Gasteiger partial charge < -0.3 is 11.1 Å². The number of thioether (sulfide) groups is 1. The highest BCUT2D eigenvalue weighted by atomic mass is 32.2. The van der Waals surface area contributed by atoms with Crippen LogP contribution in [0.2, 0.25) is 0 Å². The van der Waals surface area contributed by atoms with Crippen molar-refractivity contribution in [2.75, 3.05) is 18.0 Å². The zero-order valence-electron chi connectivity index (χ0n) is 11.4. The number of imide groups is 1. The van der Waals surface area contributed by atoms with Gasteiger partial charge in [0, 0.05) is 11.4 Å². The molecular weight excluding hydrogens is 281 g/mol. The Kier molecular flexibility index (Phi) is 6.30. The molecule has 3 amide bonds. The van der Waals surface area contributed by atoms with Crippen molar-refractivity contribution < 1.29 is 14.0 Å². The van der Waals surface area contributed by atoms with Gasteiger partial charge in [0.25, 0.3) is 0 Å². The Morgan fingerprint density at radius 1 is 1.40 bits per heavy atom. The number of hydrogen-bond donors (Lipinski definition) is 3. The van der Waals surface area contributed by atoms with Gasteiger partial charge in [0.2, 0.25) is 5.91 Å². The van der Waals surface area contributed by atoms with Gasteiger partial charge in [-0.2, -0.15) is 0 Å². The van der Waals surface area contributed by atoms with Gasteiger partial charge in [-0.15, -0.1) is 11.8 Å². The fraction of sp³-hybridized carbons (Fsp3) is 0.385. The molecule has 0 radical (unpaired) electrons. The van der Waals surface area contributed by atoms with Crippen molar-refractivity contribution in [3.05, 3.63) is 24.0 Å². The van der Waals surface area contributed by atoms with Crippen LogP contribution in [-0.4, -0.2) is 24.2 Å². The lowest BCUT2D eigenvalue weighted by Gasteiger charge is -2.08. The molecule has 0 aromatic heterocycles. The van der Waals surface area contributed by atoms with Crippen molar-refractivity contribution in [2.24, 2.45) is 5.92 Å². The van der Waals surface area contributed by atoms with Crippen LogP contribution in [0.25, 0.3) is 0 Å². The molecule has 0 heterocycles. The third kappa shape index (κ3) is 5.92. The van der Waals surface area contributed by atoms with E-state index in [2.05, 4.69) is 10.6 Å². The van der Waals surface area contributed by atoms with Crippen molar-refractivity contribution in [3.8, 4) is 0 Å². The zero-order valence-corrected chi connectivity index (χ0v) is 12.2. The van der Waals surface area contributed by atoms with Gasteiger partial charge in [-0.3, -0.25) is 10.1 Å². The van der Waals surface area contributed by atoms with E-state index in [1.807, 2.05) is 13.8 Å². The number of benzene rings is 1. The number of anilines is 1. The van der Waals surface area contributed by atoms with Gasteiger partial charge in [-0.1, -0.05) is 13.8 Å². The van der Waals surface area contributed by atoms with Crippen LogP contribution in [0.5, 0.6) is 0 Å². The third-order valence-corrected chi connectivity index (χ3v) is 3.26. The van der Waals surface area contributed by atoms with Gasteiger partial charge >= 0.3 is 6.03 Å². The van der Waals surface area contributed by atoms with E-state index in [9.17, 15) is 14.0 Å². The third-order valence-electron chi connectivity index (χ3n) is 2.27. The summed E-state index contributed by atoms with van der Waals surface area (Å²) in [5, 5.41) is 4.77. The Balaban J connectivity index is 2.35. The van der Waals surface area contributed by atoms with E-state index in [0.717, 1.165) is 11.8 Å². The van der Waals surface area contributed by atoms with Crippen LogP contribution in [0.4, 0.5) is 14.9 Å². The molecule has 1 rings (SSSR count). The first-order chi connectivity index (χ1) is 9.38. The Bertz CT molecular complexity index is 495. The molecule has 4 N–H and O–H groups in total. The fourth-order valence-corrected chi connectivity index (χ4v) is 1.97. The van der Waals surface area contributed by atoms with E-state index in [4.69, 9.17) is 5.73 Å². The fourth-order valence-electron chi connectivity index (χ4n) is 1.25. The Labute approximate surface area is 121 Å². The molecular formula is C13H18FN3O2S. The first-order valence-electron chi connectivity index (χ1n) is 6.14. The molecule has 1 aromatic rings. The van der Waals surface area contributed by atoms with Crippen LogP contribution in [0.3, 0.4) is 0 Å². The Hall–Kier alpha value is -1.76. The Morgan fingerprint density at radius 2 is 2.10 bits per heavy atom. The number of amides is 3. The first-order valence-corrected chi connectivity index (χ1v) is 7.12. The predicted octanol–water partition coefficient (Wildman–Crippen LogP) is 1.98. The number of carbonyl (C=O) groups excluding carboxylic acids is 2. The zero-order chi connectivity index (χ0) is 15.1. The van der Waals surface area contributed by atoms with Gasteiger partial charge in [-0.25, -0.2) is 9.18 Å². The minimum atomic E-state index is -0.523. The lowest BCUT2D eigenvalue weighted by molar-refractivity contribution is -0.117. The Morgan fingerprint density at radius 3 is 2.70 bits per heavy atom. The second-order valence-electron chi connectivity index (χ2n) is 4.62. The van der Waals surface area contributed by atoms with Crippen molar-refractivity contribution in [3.63, 3.8) is 0 Å². The van der Waals surface area contributed by atoms with Gasteiger partial charge in [0.05, 0.1) is 11.4 Å². The smallest absolute Gasteiger partial charge is 0.321 e. The summed E-state index contributed by atoms with van der Waals surface area (Å²) in [5.41, 5.74) is 5.41. The normalized spacial score (nSPS) is 10.4. The molecule has 0 saturated carbocycles. The second-order valence-corrected chi connectivity index (χ2v) is 5.67. The van der Waals surface area contributed by atoms with Gasteiger partial charge in [0.15, 0.2) is 0 Å². The van der Waals surface area contributed by atoms with E-state index in [-0.39, 0.29) is 11.4 Å². The maximum atomic E-state index is 13.2. The highest BCUT2D eigenvalue weighted by Crippen LogP contribution is 2.21. The highest BCUT2D eigenvalue weighted by Gasteiger charge is 2.09. The molecule has 20 heavy (non-hydrogen) atoms. The minimum absolute atomic E-state index is 0.0262. The van der Waals surface area contributed by atoms with Gasteiger partial charge in [0.1, 0.15) is 5.82 Å². The molecule has 7 heteroatoms. The van der Waals surface area contributed by atoms with Crippen LogP contribution in [-0.2, 0) is 4.79 Å². The average Bonchev–Trinajstić information content (AvgIpc) is 2.38. The molecule has 0 saturated heterocycles. The summed E-state index contributed by atoms with van der Waals surface area (Å²) < 4.78 is 13.2. The molecule has 0 atom stereocenters. The summed E-state index contributed by atoms with van der Waals surface area (Å²) in [6.07, 6.45) is 0. The van der Waals surface area contributed by atoms with E-state index in [1.165, 1.54) is 12.1 Å². The van der Waals surface area contributed by atoms with Crippen LogP contribution in [0.1, 0.15) is 13.8 Å². The number of urea groups is 1. The summed E-state index contributed by atoms with van der Waals surface area (Å²) in [7, 11) is 0. The first kappa shape index (κ1) is 16.3. The lowest BCUT2D eigenvalue weighted by Crippen LogP contribution is -2.41. The van der Waals surface area contributed by atoms with Crippen molar-refractivity contribution >= 4 is 29.4 Å². The molecule has 0 spiro atoms. The van der Waals surface area contributed by atoms with Gasteiger partial charge in [-0.05, 0) is 24.1 Å². The van der Waals surface area contributed by atoms with E-state index in [1.54, 1.807) is 6.07 Å². The van der Waals surface area contributed by atoms with Crippen molar-refractivity contribution in [2.45, 2.75) is 18.7 Å². The van der Waals surface area contributed by atoms with E-state index in [0.29, 0.717) is 17.4 Å². The number of nitrogens with one attached hydrogen (secondary N) is 2. The summed E-state index contributed by atoms with van der Waals surface area (Å²) in [6.45, 7) is 4.40. The highest BCUT2D eigenvalue weighted by molar-refractivity contribution is 8.00. The van der Waals surface area contributed by atoms with E-state index < -0.39 is 17.8 Å². The second kappa shape index (κ2) is 7.74. The van der Waals surface area contributed by atoms with Crippen LogP contribution < -0.4 is 16.4 Å². The molecule has 0 aliphatic carbocycles. The maximum Gasteiger partial charge on any atom is 0.321 e. The number of nitrogen functional groups attached to an aromatic ring is 1. The summed E-state index contributed by atoms with van der Waals surface area (Å²) >= 11 is 1.13. The molecule has 0 fully saturated rings. The molecule has 0 aliphatic heterocycles. The largest absolute Gasteiger partial charge is 0.396 e. The van der Waals surface area contributed by atoms with Crippen LogP contribution in [0, 0.1) is 11.7 Å². The number of carbonyl (C=O) groups is 2. The average molecular weight is 299 g/mol.